The number of hydrogen-bond acceptors (Lipinski definition) is 2. The number of hydrogen-bond donors (Lipinski definition) is 0. The zero-order chi connectivity index (χ0) is 13.2. The number of rotatable bonds is 3. The van der Waals surface area contributed by atoms with Crippen molar-refractivity contribution in [3.63, 3.8) is 0 Å². The number of fused-ring (bicyclic) bond motifs is 1. The fourth-order valence-corrected chi connectivity index (χ4v) is 2.12. The largest absolute Gasteiger partial charge is 0.487 e. The third-order valence-electron chi connectivity index (χ3n) is 2.69. The Labute approximate surface area is 120 Å². The number of pyridine rings is 1. The molecule has 3 rings (SSSR count). The van der Waals surface area contributed by atoms with Crippen LogP contribution in [-0.2, 0) is 6.61 Å². The average molecular weight is 293 g/mol. The Kier molecular flexibility index (Phi) is 3.32. The fraction of sp³-hybridized carbons (Fsp3) is 0.0714. The Morgan fingerprint density at radius 1 is 1.05 bits per heavy atom. The van der Waals surface area contributed by atoms with Crippen molar-refractivity contribution in [2.45, 2.75) is 6.61 Å². The van der Waals surface area contributed by atoms with Crippen LogP contribution in [0.5, 0.6) is 5.75 Å². The molecule has 0 bridgehead atoms. The van der Waals surface area contributed by atoms with Crippen LogP contribution in [0.3, 0.4) is 0 Å². The Hall–Kier alpha value is -1.71. The van der Waals surface area contributed by atoms with Crippen molar-refractivity contribution in [1.29, 1.82) is 0 Å². The van der Waals surface area contributed by atoms with E-state index in [1.165, 1.54) is 0 Å². The van der Waals surface area contributed by atoms with E-state index in [1.807, 2.05) is 40.9 Å². The molecule has 19 heavy (non-hydrogen) atoms. The topological polar surface area (TPSA) is 26.5 Å². The third kappa shape index (κ3) is 2.67. The molecule has 0 atom stereocenters. The van der Waals surface area contributed by atoms with Gasteiger partial charge in [0.2, 0.25) is 0 Å². The first-order chi connectivity index (χ1) is 9.22. The molecule has 0 amide bonds. The summed E-state index contributed by atoms with van der Waals surface area (Å²) in [6.45, 7) is 0.389. The molecule has 0 saturated carbocycles. The van der Waals surface area contributed by atoms with Gasteiger partial charge in [-0.2, -0.15) is 0 Å². The van der Waals surface area contributed by atoms with E-state index in [9.17, 15) is 0 Å². The van der Waals surface area contributed by atoms with Crippen LogP contribution >= 0.6 is 23.2 Å². The highest BCUT2D eigenvalue weighted by molar-refractivity contribution is 6.30. The van der Waals surface area contributed by atoms with Crippen LogP contribution in [0.4, 0.5) is 0 Å². The predicted octanol–water partition coefficient (Wildman–Crippen LogP) is 4.22. The average Bonchev–Trinajstić information content (AvgIpc) is 2.83. The zero-order valence-electron chi connectivity index (χ0n) is 9.88. The second kappa shape index (κ2) is 5.11. The third-order valence-corrected chi connectivity index (χ3v) is 3.25. The van der Waals surface area contributed by atoms with Gasteiger partial charge in [-0.25, -0.2) is 4.98 Å². The maximum absolute atomic E-state index is 6.07. The molecule has 96 valence electrons. The quantitative estimate of drug-likeness (QED) is 0.676. The number of ether oxygens (including phenoxy) is 1. The first kappa shape index (κ1) is 12.3. The summed E-state index contributed by atoms with van der Waals surface area (Å²) in [6, 6.07) is 12.8. The van der Waals surface area contributed by atoms with Gasteiger partial charge in [-0.1, -0.05) is 29.3 Å². The van der Waals surface area contributed by atoms with Crippen LogP contribution in [0, 0.1) is 0 Å². The summed E-state index contributed by atoms with van der Waals surface area (Å²) in [4.78, 5) is 4.43. The predicted molar refractivity (Wildman–Crippen MR) is 76.0 cm³/mol. The molecule has 1 aromatic carbocycles. The van der Waals surface area contributed by atoms with Crippen molar-refractivity contribution in [3.8, 4) is 5.75 Å². The fourth-order valence-electron chi connectivity index (χ4n) is 1.79. The van der Waals surface area contributed by atoms with Gasteiger partial charge in [0, 0.05) is 11.2 Å². The van der Waals surface area contributed by atoms with Crippen LogP contribution in [0.25, 0.3) is 5.65 Å². The Morgan fingerprint density at radius 3 is 2.58 bits per heavy atom. The van der Waals surface area contributed by atoms with Crippen LogP contribution in [0.1, 0.15) is 5.69 Å². The second-order valence-corrected chi connectivity index (χ2v) is 4.88. The van der Waals surface area contributed by atoms with E-state index in [0.29, 0.717) is 16.8 Å². The molecule has 0 saturated heterocycles. The molecule has 3 aromatic rings. The summed E-state index contributed by atoms with van der Waals surface area (Å²) < 4.78 is 7.46. The van der Waals surface area contributed by atoms with Gasteiger partial charge in [0.05, 0.1) is 5.69 Å². The first-order valence-electron chi connectivity index (χ1n) is 5.73. The standard InChI is InChI=1S/C14H10Cl2N2O/c15-10-4-6-12(7-5-10)19-9-11-8-18-13(16)2-1-3-14(18)17-11/h1-8H,9H2. The summed E-state index contributed by atoms with van der Waals surface area (Å²) in [5, 5.41) is 1.31. The maximum Gasteiger partial charge on any atom is 0.138 e. The van der Waals surface area contributed by atoms with E-state index >= 15 is 0 Å². The number of benzene rings is 1. The van der Waals surface area contributed by atoms with Gasteiger partial charge < -0.3 is 4.74 Å². The molecule has 0 spiro atoms. The molecule has 0 aliphatic carbocycles. The smallest absolute Gasteiger partial charge is 0.138 e. The van der Waals surface area contributed by atoms with Gasteiger partial charge >= 0.3 is 0 Å². The molecule has 2 heterocycles. The zero-order valence-corrected chi connectivity index (χ0v) is 11.4. The molecular formula is C14H10Cl2N2O. The number of nitrogens with zero attached hydrogens (tertiary/aromatic N) is 2. The van der Waals surface area contributed by atoms with Crippen LogP contribution in [0.15, 0.2) is 48.7 Å². The molecule has 0 aliphatic heterocycles. The Morgan fingerprint density at radius 2 is 1.84 bits per heavy atom. The Balaban J connectivity index is 1.78. The van der Waals surface area contributed by atoms with E-state index in [1.54, 1.807) is 12.1 Å². The van der Waals surface area contributed by atoms with Crippen molar-refractivity contribution in [3.05, 3.63) is 64.5 Å². The van der Waals surface area contributed by atoms with Crippen LogP contribution in [-0.4, -0.2) is 9.38 Å². The SMILES string of the molecule is Clc1ccc(OCc2cn3c(Cl)cccc3n2)cc1. The maximum atomic E-state index is 6.07. The van der Waals surface area contributed by atoms with E-state index in [4.69, 9.17) is 27.9 Å². The monoisotopic (exact) mass is 292 g/mol. The minimum atomic E-state index is 0.389. The summed E-state index contributed by atoms with van der Waals surface area (Å²) in [5.41, 5.74) is 1.63. The van der Waals surface area contributed by atoms with Crippen molar-refractivity contribution >= 4 is 28.8 Å². The number of aromatic nitrogens is 2. The highest BCUT2D eigenvalue weighted by Crippen LogP contribution is 2.18. The van der Waals surface area contributed by atoms with Crippen molar-refractivity contribution in [2.24, 2.45) is 0 Å². The van der Waals surface area contributed by atoms with Crippen LogP contribution < -0.4 is 4.74 Å². The van der Waals surface area contributed by atoms with Gasteiger partial charge in [0.15, 0.2) is 0 Å². The summed E-state index contributed by atoms with van der Waals surface area (Å²) in [7, 11) is 0. The molecule has 3 nitrogen and oxygen atoms in total. The second-order valence-electron chi connectivity index (χ2n) is 4.05. The van der Waals surface area contributed by atoms with Gasteiger partial charge in [0.1, 0.15) is 23.2 Å². The lowest BCUT2D eigenvalue weighted by molar-refractivity contribution is 0.302. The molecule has 2 aromatic heterocycles. The van der Waals surface area contributed by atoms with E-state index in [0.717, 1.165) is 17.1 Å². The summed E-state index contributed by atoms with van der Waals surface area (Å²) in [6.07, 6.45) is 1.87. The molecule has 0 aliphatic rings. The van der Waals surface area contributed by atoms with Gasteiger partial charge in [-0.05, 0) is 36.4 Å². The molecule has 0 N–H and O–H groups in total. The minimum absolute atomic E-state index is 0.389. The lowest BCUT2D eigenvalue weighted by Crippen LogP contribution is -1.95. The molecule has 5 heteroatoms. The number of halogens is 2. The van der Waals surface area contributed by atoms with Crippen molar-refractivity contribution in [1.82, 2.24) is 9.38 Å². The van der Waals surface area contributed by atoms with E-state index in [-0.39, 0.29) is 0 Å². The van der Waals surface area contributed by atoms with E-state index < -0.39 is 0 Å². The van der Waals surface area contributed by atoms with Crippen molar-refractivity contribution in [2.75, 3.05) is 0 Å². The van der Waals surface area contributed by atoms with Gasteiger partial charge in [-0.3, -0.25) is 4.40 Å². The molecule has 0 radical (unpaired) electrons. The highest BCUT2D eigenvalue weighted by atomic mass is 35.5. The first-order valence-corrected chi connectivity index (χ1v) is 6.49. The highest BCUT2D eigenvalue weighted by Gasteiger charge is 2.04. The van der Waals surface area contributed by atoms with Gasteiger partial charge in [-0.15, -0.1) is 0 Å². The molecule has 0 unspecified atom stereocenters. The summed E-state index contributed by atoms with van der Waals surface area (Å²) >= 11 is 11.9. The van der Waals surface area contributed by atoms with E-state index in [2.05, 4.69) is 4.98 Å². The molecule has 0 fully saturated rings. The van der Waals surface area contributed by atoms with Gasteiger partial charge in [0.25, 0.3) is 0 Å². The summed E-state index contributed by atoms with van der Waals surface area (Å²) in [5.74, 6) is 0.757. The molecular weight excluding hydrogens is 283 g/mol. The van der Waals surface area contributed by atoms with Crippen LogP contribution in [0.2, 0.25) is 10.2 Å². The minimum Gasteiger partial charge on any atom is -0.487 e. The lowest BCUT2D eigenvalue weighted by Gasteiger charge is -2.03. The lowest BCUT2D eigenvalue weighted by atomic mass is 10.3. The van der Waals surface area contributed by atoms with Crippen molar-refractivity contribution < 1.29 is 4.74 Å². The Bertz CT molecular complexity index is 707. The normalized spacial score (nSPS) is 10.8. The number of imidazole rings is 1.